The second kappa shape index (κ2) is 8.34. The number of carboxylic acids is 1. The molecule has 0 saturated carbocycles. The summed E-state index contributed by atoms with van der Waals surface area (Å²) in [6, 6.07) is 4.99. The molecule has 2 aliphatic rings. The monoisotopic (exact) mass is 347 g/mol. The summed E-state index contributed by atoms with van der Waals surface area (Å²) in [5, 5.41) is 12.0. The quantitative estimate of drug-likeness (QED) is 0.821. The lowest BCUT2D eigenvalue weighted by Gasteiger charge is -2.28. The van der Waals surface area contributed by atoms with Crippen molar-refractivity contribution in [3.05, 3.63) is 29.3 Å². The molecule has 1 saturated heterocycles. The Morgan fingerprint density at radius 2 is 2.04 bits per heavy atom. The van der Waals surface area contributed by atoms with Crippen LogP contribution in [0.4, 0.5) is 0 Å². The van der Waals surface area contributed by atoms with Gasteiger partial charge in [-0.25, -0.2) is 4.79 Å². The van der Waals surface area contributed by atoms with E-state index in [0.29, 0.717) is 19.0 Å². The second-order valence-corrected chi connectivity index (χ2v) is 6.79. The Balaban J connectivity index is 1.53. The van der Waals surface area contributed by atoms with E-state index in [-0.39, 0.29) is 12.5 Å². The molecule has 25 heavy (non-hydrogen) atoms. The number of carboxylic acid groups (broad SMARTS) is 1. The van der Waals surface area contributed by atoms with Gasteiger partial charge in [-0.15, -0.1) is 0 Å². The first kappa shape index (κ1) is 17.7. The van der Waals surface area contributed by atoms with Crippen LogP contribution in [0.15, 0.2) is 18.2 Å². The van der Waals surface area contributed by atoms with Crippen LogP contribution in [-0.2, 0) is 27.2 Å². The minimum atomic E-state index is -1.03. The van der Waals surface area contributed by atoms with Gasteiger partial charge in [0.1, 0.15) is 11.8 Å². The van der Waals surface area contributed by atoms with Crippen LogP contribution >= 0.6 is 0 Å². The van der Waals surface area contributed by atoms with Gasteiger partial charge in [0, 0.05) is 12.5 Å². The number of aliphatic carboxylic acids is 1. The van der Waals surface area contributed by atoms with Crippen molar-refractivity contribution in [3.8, 4) is 5.75 Å². The molecule has 0 bridgehead atoms. The number of aryl methyl sites for hydroxylation is 2. The van der Waals surface area contributed by atoms with E-state index in [0.717, 1.165) is 25.7 Å². The zero-order valence-corrected chi connectivity index (χ0v) is 14.3. The number of nitrogens with one attached hydrogen (secondary N) is 1. The van der Waals surface area contributed by atoms with Crippen LogP contribution in [0.25, 0.3) is 0 Å². The van der Waals surface area contributed by atoms with Crippen molar-refractivity contribution in [2.75, 3.05) is 19.8 Å². The first-order valence-electron chi connectivity index (χ1n) is 8.98. The summed E-state index contributed by atoms with van der Waals surface area (Å²) >= 11 is 0. The first-order valence-corrected chi connectivity index (χ1v) is 8.98. The Labute approximate surface area is 147 Å². The fourth-order valence-electron chi connectivity index (χ4n) is 3.57. The summed E-state index contributed by atoms with van der Waals surface area (Å²) in [7, 11) is 0. The van der Waals surface area contributed by atoms with E-state index in [9.17, 15) is 14.7 Å². The number of hydrogen-bond donors (Lipinski definition) is 2. The largest absolute Gasteiger partial charge is 0.484 e. The van der Waals surface area contributed by atoms with Crippen molar-refractivity contribution in [1.82, 2.24) is 5.32 Å². The van der Waals surface area contributed by atoms with Crippen LogP contribution < -0.4 is 10.1 Å². The summed E-state index contributed by atoms with van der Waals surface area (Å²) in [6.45, 7) is 0.831. The predicted octanol–water partition coefficient (Wildman–Crippen LogP) is 1.94. The van der Waals surface area contributed by atoms with E-state index < -0.39 is 17.9 Å². The van der Waals surface area contributed by atoms with E-state index in [1.165, 1.54) is 24.0 Å². The Morgan fingerprint density at radius 1 is 1.24 bits per heavy atom. The van der Waals surface area contributed by atoms with E-state index >= 15 is 0 Å². The Morgan fingerprint density at radius 3 is 2.76 bits per heavy atom. The van der Waals surface area contributed by atoms with Crippen molar-refractivity contribution >= 4 is 11.9 Å². The molecule has 6 nitrogen and oxygen atoms in total. The summed E-state index contributed by atoms with van der Waals surface area (Å²) in [6.07, 6.45) is 6.10. The number of benzene rings is 1. The fraction of sp³-hybridized carbons (Fsp3) is 0.579. The van der Waals surface area contributed by atoms with Crippen molar-refractivity contribution < 1.29 is 24.2 Å². The molecule has 3 rings (SSSR count). The van der Waals surface area contributed by atoms with E-state index in [1.54, 1.807) is 0 Å². The number of amides is 1. The van der Waals surface area contributed by atoms with E-state index in [4.69, 9.17) is 9.47 Å². The Bertz CT molecular complexity index is 624. The molecule has 2 atom stereocenters. The van der Waals surface area contributed by atoms with Gasteiger partial charge in [-0.3, -0.25) is 4.79 Å². The average Bonchev–Trinajstić information content (AvgIpc) is 2.64. The van der Waals surface area contributed by atoms with Crippen molar-refractivity contribution in [3.63, 3.8) is 0 Å². The van der Waals surface area contributed by atoms with Crippen LogP contribution in [0, 0.1) is 5.92 Å². The molecule has 1 aromatic rings. The van der Waals surface area contributed by atoms with Gasteiger partial charge in [0.2, 0.25) is 0 Å². The maximum Gasteiger partial charge on any atom is 0.326 e. The van der Waals surface area contributed by atoms with Gasteiger partial charge in [-0.1, -0.05) is 6.07 Å². The Kier molecular flexibility index (Phi) is 5.91. The van der Waals surface area contributed by atoms with Gasteiger partial charge >= 0.3 is 5.97 Å². The molecule has 0 radical (unpaired) electrons. The normalized spacial score (nSPS) is 21.0. The molecule has 0 spiro atoms. The van der Waals surface area contributed by atoms with Crippen molar-refractivity contribution in [2.45, 2.75) is 44.6 Å². The van der Waals surface area contributed by atoms with Gasteiger partial charge in [0.15, 0.2) is 6.61 Å². The third-order valence-corrected chi connectivity index (χ3v) is 4.94. The van der Waals surface area contributed by atoms with Gasteiger partial charge in [-0.2, -0.15) is 0 Å². The third kappa shape index (κ3) is 4.72. The maximum absolute atomic E-state index is 12.1. The number of carbonyl (C=O) groups excluding carboxylic acids is 1. The van der Waals surface area contributed by atoms with Gasteiger partial charge < -0.3 is 19.9 Å². The molecule has 0 aromatic heterocycles. The number of fused-ring (bicyclic) bond motifs is 1. The molecule has 1 heterocycles. The van der Waals surface area contributed by atoms with Crippen LogP contribution in [0.5, 0.6) is 5.75 Å². The molecule has 2 N–H and O–H groups in total. The molecule has 2 unspecified atom stereocenters. The zero-order valence-electron chi connectivity index (χ0n) is 14.3. The molecule has 1 aromatic carbocycles. The highest BCUT2D eigenvalue weighted by molar-refractivity contribution is 5.84. The summed E-state index contributed by atoms with van der Waals surface area (Å²) in [5.74, 6) is -0.990. The van der Waals surface area contributed by atoms with Crippen LogP contribution in [0.1, 0.15) is 36.8 Å². The molecule has 1 amide bonds. The lowest BCUT2D eigenvalue weighted by Crippen LogP contribution is -2.49. The molecule has 1 fully saturated rings. The lowest BCUT2D eigenvalue weighted by atomic mass is 9.92. The van der Waals surface area contributed by atoms with Gasteiger partial charge in [0.25, 0.3) is 5.91 Å². The number of hydrogen-bond acceptors (Lipinski definition) is 4. The molecule has 136 valence electrons. The number of rotatable bonds is 6. The van der Waals surface area contributed by atoms with Crippen molar-refractivity contribution in [1.29, 1.82) is 0 Å². The molecule has 1 aliphatic heterocycles. The predicted molar refractivity (Wildman–Crippen MR) is 91.7 cm³/mol. The highest BCUT2D eigenvalue weighted by atomic mass is 16.5. The maximum atomic E-state index is 12.1. The minimum Gasteiger partial charge on any atom is -0.484 e. The van der Waals surface area contributed by atoms with Crippen LogP contribution in [-0.4, -0.2) is 42.8 Å². The average molecular weight is 347 g/mol. The highest BCUT2D eigenvalue weighted by Gasteiger charge is 2.31. The van der Waals surface area contributed by atoms with E-state index in [1.807, 2.05) is 12.1 Å². The van der Waals surface area contributed by atoms with Gasteiger partial charge in [-0.05, 0) is 61.8 Å². The van der Waals surface area contributed by atoms with Gasteiger partial charge in [0.05, 0.1) is 6.61 Å². The topological polar surface area (TPSA) is 84.9 Å². The molecular formula is C19H25NO5. The smallest absolute Gasteiger partial charge is 0.326 e. The molecule has 6 heteroatoms. The number of carbonyl (C=O) groups is 2. The zero-order chi connectivity index (χ0) is 17.6. The third-order valence-electron chi connectivity index (χ3n) is 4.94. The van der Waals surface area contributed by atoms with Crippen LogP contribution in [0.3, 0.4) is 0 Å². The minimum absolute atomic E-state index is 0.184. The Hall–Kier alpha value is -2.08. The summed E-state index contributed by atoms with van der Waals surface area (Å²) in [4.78, 5) is 23.6. The molecular weight excluding hydrogens is 322 g/mol. The van der Waals surface area contributed by atoms with Crippen LogP contribution in [0.2, 0.25) is 0 Å². The van der Waals surface area contributed by atoms with E-state index in [2.05, 4.69) is 11.4 Å². The first-order chi connectivity index (χ1) is 12.1. The lowest BCUT2D eigenvalue weighted by molar-refractivity contribution is -0.145. The highest BCUT2D eigenvalue weighted by Crippen LogP contribution is 2.25. The van der Waals surface area contributed by atoms with Crippen molar-refractivity contribution in [2.24, 2.45) is 5.92 Å². The molecule has 1 aliphatic carbocycles. The summed E-state index contributed by atoms with van der Waals surface area (Å²) in [5.41, 5.74) is 2.64. The summed E-state index contributed by atoms with van der Waals surface area (Å²) < 4.78 is 10.9. The standard InChI is InChI=1S/C19H25NO5/c21-17(20-18(19(22)23)15-6-3-9-24-11-15)12-25-16-8-7-13-4-1-2-5-14(13)10-16/h7-8,10,15,18H,1-6,9,11-12H2,(H,20,21)(H,22,23). The number of ether oxygens (including phenoxy) is 2. The SMILES string of the molecule is O=C(COc1ccc2c(c1)CCCC2)NC(C(=O)O)C1CCCOC1. The second-order valence-electron chi connectivity index (χ2n) is 6.79. The fourth-order valence-corrected chi connectivity index (χ4v) is 3.57.